The first-order valence-electron chi connectivity index (χ1n) is 7.14. The van der Waals surface area contributed by atoms with Crippen molar-refractivity contribution in [1.29, 1.82) is 0 Å². The highest BCUT2D eigenvalue weighted by molar-refractivity contribution is 9.10. The number of hydrogen-bond acceptors (Lipinski definition) is 2. The number of fused-ring (bicyclic) bond motifs is 1. The van der Waals surface area contributed by atoms with E-state index in [0.717, 1.165) is 19.4 Å². The lowest BCUT2D eigenvalue weighted by molar-refractivity contribution is 0.0891. The number of hydrogen-bond donors (Lipinski definition) is 1. The van der Waals surface area contributed by atoms with E-state index in [2.05, 4.69) is 26.1 Å². The first-order valence-corrected chi connectivity index (χ1v) is 7.93. The largest absolute Gasteiger partial charge is 0.349 e. The van der Waals surface area contributed by atoms with E-state index >= 15 is 0 Å². The van der Waals surface area contributed by atoms with Gasteiger partial charge >= 0.3 is 0 Å². The van der Waals surface area contributed by atoms with Crippen molar-refractivity contribution in [2.45, 2.75) is 37.8 Å². The van der Waals surface area contributed by atoms with Crippen LogP contribution in [0.25, 0.3) is 0 Å². The van der Waals surface area contributed by atoms with Gasteiger partial charge in [-0.2, -0.15) is 0 Å². The fourth-order valence-electron chi connectivity index (χ4n) is 3.33. The van der Waals surface area contributed by atoms with Gasteiger partial charge in [-0.05, 0) is 60.3 Å². The summed E-state index contributed by atoms with van der Waals surface area (Å²) >= 11 is 3.25. The summed E-state index contributed by atoms with van der Waals surface area (Å²) in [7, 11) is 0. The van der Waals surface area contributed by atoms with Crippen molar-refractivity contribution in [2.75, 3.05) is 13.1 Å². The Labute approximate surface area is 126 Å². The highest BCUT2D eigenvalue weighted by Crippen LogP contribution is 2.27. The van der Waals surface area contributed by atoms with E-state index in [1.807, 2.05) is 0 Å². The number of piperidine rings is 1. The second-order valence-electron chi connectivity index (χ2n) is 5.62. The molecule has 2 aliphatic rings. The maximum Gasteiger partial charge on any atom is 0.255 e. The van der Waals surface area contributed by atoms with Gasteiger partial charge < -0.3 is 10.2 Å². The maximum atomic E-state index is 13.8. The summed E-state index contributed by atoms with van der Waals surface area (Å²) < 4.78 is 14.3. The summed E-state index contributed by atoms with van der Waals surface area (Å²) in [6.07, 6.45) is 4.41. The molecule has 0 aliphatic carbocycles. The van der Waals surface area contributed by atoms with Gasteiger partial charge in [-0.25, -0.2) is 4.39 Å². The molecular formula is C15H18BrFN2O. The normalized spacial score (nSPS) is 26.3. The van der Waals surface area contributed by atoms with Gasteiger partial charge in [-0.1, -0.05) is 6.07 Å². The van der Waals surface area contributed by atoms with Crippen molar-refractivity contribution in [3.05, 3.63) is 34.1 Å². The lowest BCUT2D eigenvalue weighted by Crippen LogP contribution is -2.47. The molecule has 1 amide bonds. The van der Waals surface area contributed by atoms with E-state index in [1.165, 1.54) is 25.5 Å². The van der Waals surface area contributed by atoms with Gasteiger partial charge in [0.25, 0.3) is 5.91 Å². The molecule has 2 atom stereocenters. The van der Waals surface area contributed by atoms with Crippen molar-refractivity contribution < 1.29 is 9.18 Å². The molecule has 1 aromatic rings. The minimum Gasteiger partial charge on any atom is -0.349 e. The Hall–Kier alpha value is -0.940. The number of nitrogens with one attached hydrogen (secondary N) is 1. The average molecular weight is 341 g/mol. The Morgan fingerprint density at radius 2 is 2.20 bits per heavy atom. The molecule has 0 aromatic heterocycles. The molecule has 108 valence electrons. The van der Waals surface area contributed by atoms with Crippen LogP contribution in [0.1, 0.15) is 36.0 Å². The molecule has 0 radical (unpaired) electrons. The van der Waals surface area contributed by atoms with Gasteiger partial charge in [0.15, 0.2) is 0 Å². The molecule has 20 heavy (non-hydrogen) atoms. The van der Waals surface area contributed by atoms with Crippen molar-refractivity contribution >= 4 is 21.8 Å². The Morgan fingerprint density at radius 1 is 1.35 bits per heavy atom. The summed E-state index contributed by atoms with van der Waals surface area (Å²) in [4.78, 5) is 14.8. The number of carbonyl (C=O) groups is 1. The van der Waals surface area contributed by atoms with Crippen LogP contribution in [0.5, 0.6) is 0 Å². The molecule has 1 aromatic carbocycles. The first-order chi connectivity index (χ1) is 9.65. The SMILES string of the molecule is O=C(NC1CCN2CCCC2C1)c1c(F)cccc1Br. The van der Waals surface area contributed by atoms with Crippen LogP contribution < -0.4 is 5.32 Å². The first kappa shape index (κ1) is 14.0. The van der Waals surface area contributed by atoms with Gasteiger partial charge in [0, 0.05) is 23.1 Å². The van der Waals surface area contributed by atoms with Crippen molar-refractivity contribution in [1.82, 2.24) is 10.2 Å². The van der Waals surface area contributed by atoms with Gasteiger partial charge in [0.05, 0.1) is 5.56 Å². The van der Waals surface area contributed by atoms with Crippen molar-refractivity contribution in [3.63, 3.8) is 0 Å². The van der Waals surface area contributed by atoms with E-state index in [0.29, 0.717) is 10.5 Å². The molecule has 3 rings (SSSR count). The third-order valence-corrected chi connectivity index (χ3v) is 5.01. The minimum absolute atomic E-state index is 0.112. The van der Waals surface area contributed by atoms with Crippen LogP contribution in [0.2, 0.25) is 0 Å². The average Bonchev–Trinajstić information content (AvgIpc) is 2.85. The third-order valence-electron chi connectivity index (χ3n) is 4.35. The molecule has 2 aliphatic heterocycles. The van der Waals surface area contributed by atoms with Crippen molar-refractivity contribution in [2.24, 2.45) is 0 Å². The van der Waals surface area contributed by atoms with Crippen LogP contribution in [0.3, 0.4) is 0 Å². The Balaban J connectivity index is 1.67. The number of benzene rings is 1. The van der Waals surface area contributed by atoms with E-state index in [4.69, 9.17) is 0 Å². The molecule has 3 nitrogen and oxygen atoms in total. The second kappa shape index (κ2) is 5.82. The van der Waals surface area contributed by atoms with Crippen molar-refractivity contribution in [3.8, 4) is 0 Å². The maximum absolute atomic E-state index is 13.8. The monoisotopic (exact) mass is 340 g/mol. The standard InChI is InChI=1S/C15H18BrFN2O/c16-12-4-1-5-13(17)14(12)15(20)18-10-6-8-19-7-2-3-11(19)9-10/h1,4-5,10-11H,2-3,6-9H2,(H,18,20). The van der Waals surface area contributed by atoms with Crippen LogP contribution in [0, 0.1) is 5.82 Å². The summed E-state index contributed by atoms with van der Waals surface area (Å²) in [6.45, 7) is 2.22. The second-order valence-corrected chi connectivity index (χ2v) is 6.48. The molecule has 1 N–H and O–H groups in total. The Morgan fingerprint density at radius 3 is 3.00 bits per heavy atom. The fourth-order valence-corrected chi connectivity index (χ4v) is 3.85. The Kier molecular flexibility index (Phi) is 4.08. The molecule has 0 saturated carbocycles. The Bertz CT molecular complexity index is 502. The van der Waals surface area contributed by atoms with Crippen LogP contribution in [-0.4, -0.2) is 36.0 Å². The van der Waals surface area contributed by atoms with Gasteiger partial charge in [0.1, 0.15) is 5.82 Å². The number of amides is 1. The summed E-state index contributed by atoms with van der Waals surface area (Å²) in [5.41, 5.74) is 0.112. The summed E-state index contributed by atoms with van der Waals surface area (Å²) in [5.74, 6) is -0.790. The zero-order chi connectivity index (χ0) is 14.1. The van der Waals surface area contributed by atoms with Crippen LogP contribution >= 0.6 is 15.9 Å². The molecule has 2 heterocycles. The van der Waals surface area contributed by atoms with E-state index in [-0.39, 0.29) is 17.5 Å². The number of halogens is 2. The van der Waals surface area contributed by atoms with Gasteiger partial charge in [-0.15, -0.1) is 0 Å². The number of carbonyl (C=O) groups excluding carboxylic acids is 1. The fraction of sp³-hybridized carbons (Fsp3) is 0.533. The lowest BCUT2D eigenvalue weighted by atomic mass is 9.97. The molecule has 2 saturated heterocycles. The van der Waals surface area contributed by atoms with E-state index < -0.39 is 5.82 Å². The molecule has 0 bridgehead atoms. The molecule has 0 spiro atoms. The smallest absolute Gasteiger partial charge is 0.255 e. The highest BCUT2D eigenvalue weighted by Gasteiger charge is 2.32. The third kappa shape index (κ3) is 2.74. The lowest BCUT2D eigenvalue weighted by Gasteiger charge is -2.35. The van der Waals surface area contributed by atoms with Crippen LogP contribution in [0.4, 0.5) is 4.39 Å². The number of rotatable bonds is 2. The number of nitrogens with zero attached hydrogens (tertiary/aromatic N) is 1. The van der Waals surface area contributed by atoms with Crippen LogP contribution in [0.15, 0.2) is 22.7 Å². The van der Waals surface area contributed by atoms with Gasteiger partial charge in [-0.3, -0.25) is 4.79 Å². The molecule has 2 fully saturated rings. The van der Waals surface area contributed by atoms with E-state index in [1.54, 1.807) is 12.1 Å². The summed E-state index contributed by atoms with van der Waals surface area (Å²) in [5, 5.41) is 2.99. The molecule has 5 heteroatoms. The predicted molar refractivity (Wildman–Crippen MR) is 79.2 cm³/mol. The zero-order valence-electron chi connectivity index (χ0n) is 11.2. The van der Waals surface area contributed by atoms with Gasteiger partial charge in [0.2, 0.25) is 0 Å². The predicted octanol–water partition coefficient (Wildman–Crippen LogP) is 2.94. The summed E-state index contributed by atoms with van der Waals surface area (Å²) in [6, 6.07) is 5.36. The highest BCUT2D eigenvalue weighted by atomic mass is 79.9. The minimum atomic E-state index is -0.477. The zero-order valence-corrected chi connectivity index (χ0v) is 12.8. The topological polar surface area (TPSA) is 32.3 Å². The molecular weight excluding hydrogens is 323 g/mol. The quantitative estimate of drug-likeness (QED) is 0.897. The molecule has 2 unspecified atom stereocenters. The van der Waals surface area contributed by atoms with E-state index in [9.17, 15) is 9.18 Å². The van der Waals surface area contributed by atoms with Crippen LogP contribution in [-0.2, 0) is 0 Å².